The Kier molecular flexibility index (Phi) is 9.38. The molecule has 0 bridgehead atoms. The van der Waals surface area contributed by atoms with E-state index in [1.807, 2.05) is 20.8 Å². The predicted octanol–water partition coefficient (Wildman–Crippen LogP) is 2.02. The minimum Gasteiger partial charge on any atom is -0.384 e. The van der Waals surface area contributed by atoms with Gasteiger partial charge in [-0.2, -0.15) is 0 Å². The Morgan fingerprint density at radius 1 is 1.42 bits per heavy atom. The standard InChI is InChI=1S/C9H19NO.Dy/c1-5-7-9(4,11)8(3)10-6-2;/h11H,5-7H2,1-4H3;. The molecule has 12 heavy (non-hydrogen) atoms. The van der Waals surface area contributed by atoms with E-state index in [1.54, 1.807) is 0 Å². The van der Waals surface area contributed by atoms with Crippen LogP contribution in [0.15, 0.2) is 4.99 Å². The average molecular weight is 320 g/mol. The van der Waals surface area contributed by atoms with Crippen molar-refractivity contribution >= 4 is 5.71 Å². The molecule has 76 valence electrons. The van der Waals surface area contributed by atoms with Gasteiger partial charge >= 0.3 is 0 Å². The normalized spacial score (nSPS) is 16.6. The fraction of sp³-hybridized carbons (Fsp3) is 0.889. The van der Waals surface area contributed by atoms with Crippen LogP contribution in [0.3, 0.4) is 0 Å². The number of hydrogen-bond acceptors (Lipinski definition) is 2. The van der Waals surface area contributed by atoms with E-state index in [4.69, 9.17) is 0 Å². The molecule has 0 aromatic rings. The van der Waals surface area contributed by atoms with Gasteiger partial charge in [0.15, 0.2) is 0 Å². The molecule has 0 aliphatic heterocycles. The molecule has 0 aliphatic rings. The van der Waals surface area contributed by atoms with Crippen LogP contribution in [-0.2, 0) is 0 Å². The van der Waals surface area contributed by atoms with Crippen molar-refractivity contribution in [3.05, 3.63) is 0 Å². The fourth-order valence-corrected chi connectivity index (χ4v) is 1.08. The molecule has 0 spiro atoms. The van der Waals surface area contributed by atoms with Gasteiger partial charge in [0.1, 0.15) is 0 Å². The van der Waals surface area contributed by atoms with Gasteiger partial charge in [0, 0.05) is 50.4 Å². The molecule has 0 aliphatic carbocycles. The Bertz CT molecular complexity index is 143. The van der Waals surface area contributed by atoms with Crippen LogP contribution in [0.4, 0.5) is 0 Å². The minimum absolute atomic E-state index is 0. The number of rotatable bonds is 4. The van der Waals surface area contributed by atoms with Crippen LogP contribution in [0, 0.1) is 38.2 Å². The summed E-state index contributed by atoms with van der Waals surface area (Å²) in [6, 6.07) is 0. The molecule has 1 N–H and O–H groups in total. The molecular weight excluding hydrogens is 301 g/mol. The Morgan fingerprint density at radius 3 is 2.25 bits per heavy atom. The molecule has 0 radical (unpaired) electrons. The first-order valence-corrected chi connectivity index (χ1v) is 4.28. The number of hydrogen-bond donors (Lipinski definition) is 1. The molecule has 0 saturated carbocycles. The van der Waals surface area contributed by atoms with Crippen molar-refractivity contribution in [2.45, 2.75) is 46.1 Å². The van der Waals surface area contributed by atoms with Crippen molar-refractivity contribution in [2.75, 3.05) is 6.54 Å². The smallest absolute Gasteiger partial charge is 0.0991 e. The first-order valence-electron chi connectivity index (χ1n) is 4.28. The van der Waals surface area contributed by atoms with Gasteiger partial charge in [0.25, 0.3) is 0 Å². The summed E-state index contributed by atoms with van der Waals surface area (Å²) in [6.07, 6.45) is 1.78. The number of nitrogens with zero attached hydrogens (tertiary/aromatic N) is 1. The second kappa shape index (κ2) is 7.32. The van der Waals surface area contributed by atoms with Gasteiger partial charge in [-0.25, -0.2) is 0 Å². The third-order valence-corrected chi connectivity index (χ3v) is 1.91. The van der Waals surface area contributed by atoms with Crippen LogP contribution in [0.1, 0.15) is 40.5 Å². The van der Waals surface area contributed by atoms with Gasteiger partial charge in [-0.05, 0) is 27.2 Å². The molecule has 0 fully saturated rings. The molecule has 3 heteroatoms. The molecule has 0 heterocycles. The van der Waals surface area contributed by atoms with Crippen molar-refractivity contribution in [1.82, 2.24) is 0 Å². The van der Waals surface area contributed by atoms with Gasteiger partial charge < -0.3 is 5.11 Å². The van der Waals surface area contributed by atoms with E-state index >= 15 is 0 Å². The quantitative estimate of drug-likeness (QED) is 0.790. The van der Waals surface area contributed by atoms with Gasteiger partial charge in [-0.15, -0.1) is 0 Å². The van der Waals surface area contributed by atoms with Crippen LogP contribution in [0.2, 0.25) is 0 Å². The summed E-state index contributed by atoms with van der Waals surface area (Å²) in [5.41, 5.74) is 0.159. The predicted molar refractivity (Wildman–Crippen MR) is 49.2 cm³/mol. The maximum Gasteiger partial charge on any atom is 0.0991 e. The van der Waals surface area contributed by atoms with Crippen molar-refractivity contribution in [3.8, 4) is 0 Å². The Morgan fingerprint density at radius 2 is 1.92 bits per heavy atom. The van der Waals surface area contributed by atoms with Gasteiger partial charge in [-0.1, -0.05) is 13.3 Å². The van der Waals surface area contributed by atoms with Crippen molar-refractivity contribution in [1.29, 1.82) is 0 Å². The second-order valence-electron chi connectivity index (χ2n) is 3.08. The largest absolute Gasteiger partial charge is 0.384 e. The van der Waals surface area contributed by atoms with E-state index < -0.39 is 5.60 Å². The Labute approximate surface area is 106 Å². The van der Waals surface area contributed by atoms with Gasteiger partial charge in [-0.3, -0.25) is 4.99 Å². The van der Waals surface area contributed by atoms with Crippen LogP contribution in [0.25, 0.3) is 0 Å². The zero-order valence-electron chi connectivity index (χ0n) is 8.33. The average Bonchev–Trinajstić information content (AvgIpc) is 1.88. The van der Waals surface area contributed by atoms with Crippen molar-refractivity contribution in [3.63, 3.8) is 0 Å². The molecule has 1 unspecified atom stereocenters. The zero-order chi connectivity index (χ0) is 8.91. The zero-order valence-corrected chi connectivity index (χ0v) is 10.4. The molecule has 0 saturated heterocycles. The minimum atomic E-state index is -0.690. The van der Waals surface area contributed by atoms with Crippen LogP contribution < -0.4 is 0 Å². The molecule has 0 rings (SSSR count). The first kappa shape index (κ1) is 15.4. The summed E-state index contributed by atoms with van der Waals surface area (Å²) in [6.45, 7) is 8.51. The van der Waals surface area contributed by atoms with E-state index in [0.717, 1.165) is 25.1 Å². The van der Waals surface area contributed by atoms with Crippen molar-refractivity contribution < 1.29 is 43.3 Å². The van der Waals surface area contributed by atoms with E-state index in [2.05, 4.69) is 11.9 Å². The Hall–Kier alpha value is 0.903. The third-order valence-electron chi connectivity index (χ3n) is 1.91. The first-order chi connectivity index (χ1) is 5.04. The van der Waals surface area contributed by atoms with E-state index in [0.29, 0.717) is 0 Å². The summed E-state index contributed by atoms with van der Waals surface area (Å²) in [5.74, 6) is 0. The summed E-state index contributed by atoms with van der Waals surface area (Å²) in [4.78, 5) is 4.18. The summed E-state index contributed by atoms with van der Waals surface area (Å²) >= 11 is 0. The molecule has 1 atom stereocenters. The number of aliphatic imine (C=N–C) groups is 1. The summed E-state index contributed by atoms with van der Waals surface area (Å²) < 4.78 is 0. The van der Waals surface area contributed by atoms with Crippen LogP contribution in [0.5, 0.6) is 0 Å². The summed E-state index contributed by atoms with van der Waals surface area (Å²) in [7, 11) is 0. The van der Waals surface area contributed by atoms with E-state index in [-0.39, 0.29) is 38.2 Å². The van der Waals surface area contributed by atoms with Gasteiger partial charge in [0.2, 0.25) is 0 Å². The molecule has 0 amide bonds. The van der Waals surface area contributed by atoms with E-state index in [1.165, 1.54) is 0 Å². The van der Waals surface area contributed by atoms with Crippen LogP contribution in [-0.4, -0.2) is 23.0 Å². The second-order valence-corrected chi connectivity index (χ2v) is 3.08. The topological polar surface area (TPSA) is 32.6 Å². The Balaban J connectivity index is 0. The van der Waals surface area contributed by atoms with E-state index in [9.17, 15) is 5.11 Å². The molecule has 0 aromatic heterocycles. The number of aliphatic hydroxyl groups is 1. The van der Waals surface area contributed by atoms with Crippen LogP contribution >= 0.6 is 0 Å². The SMILES string of the molecule is CCCC(C)(O)C(C)=NCC.[Dy]. The monoisotopic (exact) mass is 321 g/mol. The maximum absolute atomic E-state index is 9.78. The summed E-state index contributed by atoms with van der Waals surface area (Å²) in [5, 5.41) is 9.78. The van der Waals surface area contributed by atoms with Crippen molar-refractivity contribution in [2.24, 2.45) is 4.99 Å². The maximum atomic E-state index is 9.78. The third kappa shape index (κ3) is 5.53. The molecular formula is C9H19DyNO. The molecule has 0 aromatic carbocycles. The fourth-order valence-electron chi connectivity index (χ4n) is 1.08. The molecule has 2 nitrogen and oxygen atoms in total. The van der Waals surface area contributed by atoms with Gasteiger partial charge in [0.05, 0.1) is 5.60 Å².